The summed E-state index contributed by atoms with van der Waals surface area (Å²) < 4.78 is 55.9. The average Bonchev–Trinajstić information content (AvgIpc) is 3.05. The standard InChI is InChI=1S/C17H18F2N2O5S2/c1-10(16(22)21-14-5-3-11(18)9-13(14)19)26-17(23)15-6-4-12(27-15)7-8-20-28(2,24)25/h3-6,9-10,20H,7-8H2,1-2H3,(H,21,22). The molecule has 152 valence electrons. The van der Waals surface area contributed by atoms with E-state index in [-0.39, 0.29) is 17.1 Å². The number of sulfonamides is 1. The molecule has 2 N–H and O–H groups in total. The molecule has 1 unspecified atom stereocenters. The van der Waals surface area contributed by atoms with Gasteiger partial charge in [0.15, 0.2) is 6.10 Å². The first-order valence-corrected chi connectivity index (χ1v) is 10.8. The van der Waals surface area contributed by atoms with Gasteiger partial charge in [-0.25, -0.2) is 26.7 Å². The van der Waals surface area contributed by atoms with Crippen molar-refractivity contribution in [2.24, 2.45) is 0 Å². The Bertz CT molecular complexity index is 976. The molecule has 7 nitrogen and oxygen atoms in total. The molecule has 0 aliphatic carbocycles. The highest BCUT2D eigenvalue weighted by atomic mass is 32.2. The Morgan fingerprint density at radius 3 is 2.57 bits per heavy atom. The normalized spacial score (nSPS) is 12.4. The van der Waals surface area contributed by atoms with Crippen LogP contribution in [0.4, 0.5) is 14.5 Å². The van der Waals surface area contributed by atoms with Gasteiger partial charge in [-0.05, 0) is 37.6 Å². The summed E-state index contributed by atoms with van der Waals surface area (Å²) in [5.74, 6) is -3.24. The first kappa shape index (κ1) is 21.9. The predicted octanol–water partition coefficient (Wildman–Crippen LogP) is 2.30. The van der Waals surface area contributed by atoms with Crippen LogP contribution in [0.1, 0.15) is 21.5 Å². The number of halogens is 2. The molecule has 28 heavy (non-hydrogen) atoms. The maximum Gasteiger partial charge on any atom is 0.349 e. The summed E-state index contributed by atoms with van der Waals surface area (Å²) in [6.45, 7) is 1.51. The molecule has 0 spiro atoms. The Hall–Kier alpha value is -2.37. The van der Waals surface area contributed by atoms with Gasteiger partial charge in [-0.1, -0.05) is 0 Å². The van der Waals surface area contributed by atoms with Crippen molar-refractivity contribution in [3.8, 4) is 0 Å². The number of carbonyl (C=O) groups excluding carboxylic acids is 2. The number of nitrogens with one attached hydrogen (secondary N) is 2. The largest absolute Gasteiger partial charge is 0.448 e. The molecule has 0 radical (unpaired) electrons. The molecule has 0 aliphatic rings. The van der Waals surface area contributed by atoms with Gasteiger partial charge in [-0.3, -0.25) is 4.79 Å². The Kier molecular flexibility index (Phi) is 7.22. The van der Waals surface area contributed by atoms with Crippen LogP contribution >= 0.6 is 11.3 Å². The van der Waals surface area contributed by atoms with Crippen LogP contribution < -0.4 is 10.0 Å². The van der Waals surface area contributed by atoms with Gasteiger partial charge in [0.25, 0.3) is 5.91 Å². The zero-order valence-corrected chi connectivity index (χ0v) is 16.6. The molecule has 0 aliphatic heterocycles. The van der Waals surface area contributed by atoms with E-state index in [0.29, 0.717) is 12.5 Å². The van der Waals surface area contributed by atoms with Crippen LogP contribution in [0.25, 0.3) is 0 Å². The van der Waals surface area contributed by atoms with Gasteiger partial charge in [0.1, 0.15) is 16.5 Å². The van der Waals surface area contributed by atoms with E-state index in [0.717, 1.165) is 34.6 Å². The van der Waals surface area contributed by atoms with Crippen LogP contribution in [0.5, 0.6) is 0 Å². The zero-order valence-electron chi connectivity index (χ0n) is 15.0. The van der Waals surface area contributed by atoms with Gasteiger partial charge in [-0.2, -0.15) is 0 Å². The molecule has 0 saturated heterocycles. The third-order valence-electron chi connectivity index (χ3n) is 3.44. The molecular formula is C17H18F2N2O5S2. The molecule has 11 heteroatoms. The number of ether oxygens (including phenoxy) is 1. The van der Waals surface area contributed by atoms with Crippen LogP contribution in [0.3, 0.4) is 0 Å². The van der Waals surface area contributed by atoms with Gasteiger partial charge in [0.05, 0.1) is 11.9 Å². The number of esters is 1. The number of anilines is 1. The summed E-state index contributed by atoms with van der Waals surface area (Å²) in [7, 11) is -3.29. The van der Waals surface area contributed by atoms with Gasteiger partial charge in [0.2, 0.25) is 10.0 Å². The summed E-state index contributed by atoms with van der Waals surface area (Å²) in [4.78, 5) is 25.2. The molecule has 0 fully saturated rings. The van der Waals surface area contributed by atoms with Crippen molar-refractivity contribution in [2.45, 2.75) is 19.4 Å². The Morgan fingerprint density at radius 2 is 1.93 bits per heavy atom. The first-order chi connectivity index (χ1) is 13.0. The fraction of sp³-hybridized carbons (Fsp3) is 0.294. The molecule has 0 saturated carbocycles. The smallest absolute Gasteiger partial charge is 0.349 e. The summed E-state index contributed by atoms with van der Waals surface area (Å²) in [5, 5.41) is 2.22. The summed E-state index contributed by atoms with van der Waals surface area (Å²) >= 11 is 1.11. The molecular weight excluding hydrogens is 414 g/mol. The minimum atomic E-state index is -3.29. The summed E-state index contributed by atoms with van der Waals surface area (Å²) in [6, 6.07) is 5.84. The third kappa shape index (κ3) is 6.66. The van der Waals surface area contributed by atoms with Crippen molar-refractivity contribution >= 4 is 38.9 Å². The SMILES string of the molecule is CC(OC(=O)c1ccc(CCNS(C)(=O)=O)s1)C(=O)Nc1ccc(F)cc1F. The highest BCUT2D eigenvalue weighted by Gasteiger charge is 2.21. The Labute approximate surface area is 164 Å². The zero-order chi connectivity index (χ0) is 20.9. The lowest BCUT2D eigenvalue weighted by Crippen LogP contribution is -2.30. The monoisotopic (exact) mass is 432 g/mol. The maximum atomic E-state index is 13.6. The fourth-order valence-electron chi connectivity index (χ4n) is 2.08. The van der Waals surface area contributed by atoms with Crippen LogP contribution in [0.15, 0.2) is 30.3 Å². The van der Waals surface area contributed by atoms with Crippen LogP contribution in [0, 0.1) is 11.6 Å². The van der Waals surface area contributed by atoms with Gasteiger partial charge < -0.3 is 10.1 Å². The van der Waals surface area contributed by atoms with E-state index in [9.17, 15) is 26.8 Å². The molecule has 1 aromatic heterocycles. The Balaban J connectivity index is 1.90. The second-order valence-electron chi connectivity index (χ2n) is 5.84. The maximum absolute atomic E-state index is 13.6. The molecule has 1 heterocycles. The molecule has 2 rings (SSSR count). The van der Waals surface area contributed by atoms with E-state index in [1.165, 1.54) is 13.0 Å². The number of hydrogen-bond donors (Lipinski definition) is 2. The average molecular weight is 432 g/mol. The topological polar surface area (TPSA) is 102 Å². The second kappa shape index (κ2) is 9.22. The number of benzene rings is 1. The molecule has 1 amide bonds. The lowest BCUT2D eigenvalue weighted by molar-refractivity contribution is -0.123. The van der Waals surface area contributed by atoms with Crippen LogP contribution in [0.2, 0.25) is 0 Å². The molecule has 1 atom stereocenters. The van der Waals surface area contributed by atoms with E-state index in [1.54, 1.807) is 6.07 Å². The van der Waals surface area contributed by atoms with Gasteiger partial charge in [0, 0.05) is 17.5 Å². The highest BCUT2D eigenvalue weighted by molar-refractivity contribution is 7.88. The van der Waals surface area contributed by atoms with E-state index < -0.39 is 39.6 Å². The fourth-order valence-corrected chi connectivity index (χ4v) is 3.44. The van der Waals surface area contributed by atoms with Gasteiger partial charge in [-0.15, -0.1) is 11.3 Å². The van der Waals surface area contributed by atoms with Crippen molar-refractivity contribution in [1.82, 2.24) is 4.72 Å². The van der Waals surface area contributed by atoms with E-state index in [2.05, 4.69) is 10.0 Å². The predicted molar refractivity (Wildman–Crippen MR) is 101 cm³/mol. The molecule has 2 aromatic rings. The third-order valence-corrected chi connectivity index (χ3v) is 5.29. The van der Waals surface area contributed by atoms with Crippen molar-refractivity contribution in [2.75, 3.05) is 18.1 Å². The van der Waals surface area contributed by atoms with Crippen LogP contribution in [-0.2, 0) is 26.0 Å². The van der Waals surface area contributed by atoms with Crippen LogP contribution in [-0.4, -0.2) is 39.2 Å². The van der Waals surface area contributed by atoms with Crippen molar-refractivity contribution in [3.05, 3.63) is 51.7 Å². The second-order valence-corrected chi connectivity index (χ2v) is 8.84. The summed E-state index contributed by atoms with van der Waals surface area (Å²) in [5.41, 5.74) is -0.230. The number of amides is 1. The molecule has 0 bridgehead atoms. The van der Waals surface area contributed by atoms with Crippen molar-refractivity contribution in [1.29, 1.82) is 0 Å². The molecule has 1 aromatic carbocycles. The number of rotatable bonds is 8. The lowest BCUT2D eigenvalue weighted by atomic mass is 10.2. The van der Waals surface area contributed by atoms with E-state index in [4.69, 9.17) is 4.74 Å². The van der Waals surface area contributed by atoms with E-state index >= 15 is 0 Å². The number of carbonyl (C=O) groups is 2. The van der Waals surface area contributed by atoms with Gasteiger partial charge >= 0.3 is 5.97 Å². The minimum absolute atomic E-state index is 0.190. The lowest BCUT2D eigenvalue weighted by Gasteiger charge is -2.13. The number of thiophene rings is 1. The van der Waals surface area contributed by atoms with Crippen molar-refractivity contribution in [3.63, 3.8) is 0 Å². The Morgan fingerprint density at radius 1 is 1.21 bits per heavy atom. The van der Waals surface area contributed by atoms with Crippen molar-refractivity contribution < 1.29 is 31.5 Å². The summed E-state index contributed by atoms with van der Waals surface area (Å²) in [6.07, 6.45) is 0.230. The number of hydrogen-bond acceptors (Lipinski definition) is 6. The minimum Gasteiger partial charge on any atom is -0.448 e. The highest BCUT2D eigenvalue weighted by Crippen LogP contribution is 2.19. The quantitative estimate of drug-likeness (QED) is 0.624. The first-order valence-electron chi connectivity index (χ1n) is 8.05. The van der Waals surface area contributed by atoms with E-state index in [1.807, 2.05) is 0 Å².